The van der Waals surface area contributed by atoms with Crippen LogP contribution in [0, 0.1) is 3.57 Å². The molecule has 10 heteroatoms. The van der Waals surface area contributed by atoms with Gasteiger partial charge < -0.3 is 14.2 Å². The first-order chi connectivity index (χ1) is 11.0. The molecule has 1 amide bonds. The van der Waals surface area contributed by atoms with Crippen LogP contribution in [-0.2, 0) is 14.9 Å². The van der Waals surface area contributed by atoms with E-state index in [4.69, 9.17) is 14.2 Å². The molecule has 0 aliphatic carbocycles. The first kappa shape index (κ1) is 19.1. The van der Waals surface area contributed by atoms with Crippen LogP contribution in [0.1, 0.15) is 20.8 Å². The number of halogens is 1. The second-order valence-corrected chi connectivity index (χ2v) is 8.84. The molecule has 0 saturated carbocycles. The van der Waals surface area contributed by atoms with Crippen molar-refractivity contribution in [2.75, 3.05) is 13.2 Å². The number of fused-ring (bicyclic) bond motifs is 1. The van der Waals surface area contributed by atoms with Crippen molar-refractivity contribution < 1.29 is 27.4 Å². The Labute approximate surface area is 154 Å². The van der Waals surface area contributed by atoms with Gasteiger partial charge in [0.15, 0.2) is 11.5 Å². The number of amides is 1. The molecular weight excluding hydrogens is 451 g/mol. The van der Waals surface area contributed by atoms with Crippen molar-refractivity contribution in [3.63, 3.8) is 0 Å². The minimum atomic E-state index is -4.05. The zero-order valence-corrected chi connectivity index (χ0v) is 16.4. The van der Waals surface area contributed by atoms with Crippen LogP contribution in [0.15, 0.2) is 18.2 Å². The van der Waals surface area contributed by atoms with Crippen LogP contribution in [0.25, 0.3) is 0 Å². The molecule has 0 bridgehead atoms. The van der Waals surface area contributed by atoms with Crippen molar-refractivity contribution in [3.8, 4) is 11.5 Å². The van der Waals surface area contributed by atoms with E-state index >= 15 is 0 Å². The molecule has 0 fully saturated rings. The standard InChI is InChI=1S/C14H19IN2O6S/c1-14(2,3)23-13(18)17-24(19,20)16-7-10-8-21-12-6-9(15)4-5-11(12)22-10/h4-6,10,16H,7-8H2,1-3H3,(H,17,18)/t10-/m0/s1. The summed E-state index contributed by atoms with van der Waals surface area (Å²) in [6.45, 7) is 5.06. The lowest BCUT2D eigenvalue weighted by molar-refractivity contribution is 0.0568. The van der Waals surface area contributed by atoms with Gasteiger partial charge in [-0.25, -0.2) is 9.52 Å². The molecule has 1 atom stereocenters. The van der Waals surface area contributed by atoms with Crippen LogP contribution >= 0.6 is 22.6 Å². The van der Waals surface area contributed by atoms with E-state index in [1.807, 2.05) is 12.1 Å². The molecule has 2 N–H and O–H groups in total. The lowest BCUT2D eigenvalue weighted by Gasteiger charge is -2.26. The number of carbonyl (C=O) groups excluding carboxylic acids is 1. The average Bonchev–Trinajstić information content (AvgIpc) is 2.42. The van der Waals surface area contributed by atoms with Crippen LogP contribution in [0.3, 0.4) is 0 Å². The van der Waals surface area contributed by atoms with E-state index in [1.54, 1.807) is 31.6 Å². The number of hydrogen-bond donors (Lipinski definition) is 2. The molecule has 0 spiro atoms. The highest BCUT2D eigenvalue weighted by atomic mass is 127. The number of nitrogens with one attached hydrogen (secondary N) is 2. The molecule has 8 nitrogen and oxygen atoms in total. The number of hydrogen-bond acceptors (Lipinski definition) is 6. The third kappa shape index (κ3) is 5.98. The molecule has 1 aromatic rings. The number of ether oxygens (including phenoxy) is 3. The number of carbonyl (C=O) groups is 1. The number of rotatable bonds is 4. The van der Waals surface area contributed by atoms with Gasteiger partial charge in [0.2, 0.25) is 0 Å². The Kier molecular flexibility index (Phi) is 5.81. The van der Waals surface area contributed by atoms with Gasteiger partial charge in [0.25, 0.3) is 0 Å². The molecule has 1 aliphatic rings. The molecule has 0 unspecified atom stereocenters. The summed E-state index contributed by atoms with van der Waals surface area (Å²) < 4.78 is 44.8. The highest BCUT2D eigenvalue weighted by Crippen LogP contribution is 2.32. The van der Waals surface area contributed by atoms with Crippen molar-refractivity contribution in [3.05, 3.63) is 21.8 Å². The summed E-state index contributed by atoms with van der Waals surface area (Å²) in [7, 11) is -4.05. The van der Waals surface area contributed by atoms with E-state index in [1.165, 1.54) is 0 Å². The van der Waals surface area contributed by atoms with Crippen molar-refractivity contribution >= 4 is 38.9 Å². The van der Waals surface area contributed by atoms with Crippen LogP contribution in [0.2, 0.25) is 0 Å². The zero-order valence-electron chi connectivity index (χ0n) is 13.5. The monoisotopic (exact) mass is 470 g/mol. The van der Waals surface area contributed by atoms with Gasteiger partial charge in [-0.05, 0) is 61.6 Å². The Hall–Kier alpha value is -1.27. The highest BCUT2D eigenvalue weighted by Gasteiger charge is 2.25. The first-order valence-electron chi connectivity index (χ1n) is 7.13. The fourth-order valence-corrected chi connectivity index (χ4v) is 3.04. The second kappa shape index (κ2) is 7.31. The van der Waals surface area contributed by atoms with Crippen molar-refractivity contribution in [2.45, 2.75) is 32.5 Å². The molecule has 0 saturated heterocycles. The van der Waals surface area contributed by atoms with Gasteiger partial charge in [0, 0.05) is 3.57 Å². The predicted molar refractivity (Wildman–Crippen MR) is 95.4 cm³/mol. The Morgan fingerprint density at radius 1 is 1.38 bits per heavy atom. The summed E-state index contributed by atoms with van der Waals surface area (Å²) in [5, 5.41) is 0. The average molecular weight is 470 g/mol. The molecule has 1 aromatic carbocycles. The largest absolute Gasteiger partial charge is 0.486 e. The maximum atomic E-state index is 11.8. The van der Waals surface area contributed by atoms with Gasteiger partial charge in [0.05, 0.1) is 6.54 Å². The zero-order chi connectivity index (χ0) is 18.0. The van der Waals surface area contributed by atoms with Crippen LogP contribution < -0.4 is 18.9 Å². The molecule has 1 aliphatic heterocycles. The van der Waals surface area contributed by atoms with Gasteiger partial charge >= 0.3 is 16.3 Å². The Morgan fingerprint density at radius 3 is 2.75 bits per heavy atom. The number of benzene rings is 1. The summed E-state index contributed by atoms with van der Waals surface area (Å²) in [5.74, 6) is 1.17. The molecule has 0 radical (unpaired) electrons. The lowest BCUT2D eigenvalue weighted by Crippen LogP contribution is -2.47. The van der Waals surface area contributed by atoms with Crippen LogP contribution in [-0.4, -0.2) is 39.4 Å². The SMILES string of the molecule is CC(C)(C)OC(=O)NS(=O)(=O)NC[C@H]1COc2cc(I)ccc2O1. The molecule has 0 aromatic heterocycles. The van der Waals surface area contributed by atoms with Gasteiger partial charge in [-0.2, -0.15) is 13.1 Å². The van der Waals surface area contributed by atoms with E-state index in [2.05, 4.69) is 27.3 Å². The Morgan fingerprint density at radius 2 is 2.08 bits per heavy atom. The molecule has 2 rings (SSSR count). The van der Waals surface area contributed by atoms with Crippen molar-refractivity contribution in [1.82, 2.24) is 9.44 Å². The quantitative estimate of drug-likeness (QED) is 0.651. The fraction of sp³-hybridized carbons (Fsp3) is 0.500. The van der Waals surface area contributed by atoms with E-state index in [0.717, 1.165) is 3.57 Å². The normalized spacial score (nSPS) is 17.2. The summed E-state index contributed by atoms with van der Waals surface area (Å²) >= 11 is 2.16. The minimum Gasteiger partial charge on any atom is -0.486 e. The topological polar surface area (TPSA) is 103 Å². The molecule has 1 heterocycles. The molecular formula is C14H19IN2O6S. The van der Waals surface area contributed by atoms with E-state index in [0.29, 0.717) is 11.5 Å². The Balaban J connectivity index is 1.87. The fourth-order valence-electron chi connectivity index (χ4n) is 1.84. The van der Waals surface area contributed by atoms with Gasteiger partial charge in [-0.1, -0.05) is 0 Å². The Bertz CT molecular complexity index is 716. The van der Waals surface area contributed by atoms with E-state index < -0.39 is 28.0 Å². The van der Waals surface area contributed by atoms with Gasteiger partial charge in [0.1, 0.15) is 18.3 Å². The first-order valence-corrected chi connectivity index (χ1v) is 9.70. The smallest absolute Gasteiger partial charge is 0.422 e. The molecule has 24 heavy (non-hydrogen) atoms. The molecule has 134 valence electrons. The third-order valence-corrected chi connectivity index (χ3v) is 4.39. The lowest BCUT2D eigenvalue weighted by atomic mass is 10.2. The van der Waals surface area contributed by atoms with Crippen LogP contribution in [0.4, 0.5) is 4.79 Å². The van der Waals surface area contributed by atoms with E-state index in [-0.39, 0.29) is 13.2 Å². The minimum absolute atomic E-state index is 0.0520. The van der Waals surface area contributed by atoms with Gasteiger partial charge in [-0.15, -0.1) is 0 Å². The summed E-state index contributed by atoms with van der Waals surface area (Å²) in [6, 6.07) is 5.45. The highest BCUT2D eigenvalue weighted by molar-refractivity contribution is 14.1. The van der Waals surface area contributed by atoms with Gasteiger partial charge in [-0.3, -0.25) is 0 Å². The van der Waals surface area contributed by atoms with Crippen LogP contribution in [0.5, 0.6) is 11.5 Å². The third-order valence-electron chi connectivity index (χ3n) is 2.74. The maximum Gasteiger partial charge on any atom is 0.422 e. The second-order valence-electron chi connectivity index (χ2n) is 6.10. The summed E-state index contributed by atoms with van der Waals surface area (Å²) in [6.07, 6.45) is -1.55. The van der Waals surface area contributed by atoms with Crippen molar-refractivity contribution in [2.24, 2.45) is 0 Å². The predicted octanol–water partition coefficient (Wildman–Crippen LogP) is 1.79. The summed E-state index contributed by atoms with van der Waals surface area (Å²) in [4.78, 5) is 11.5. The van der Waals surface area contributed by atoms with Crippen molar-refractivity contribution in [1.29, 1.82) is 0 Å². The summed E-state index contributed by atoms with van der Waals surface area (Å²) in [5.41, 5.74) is -0.791. The maximum absolute atomic E-state index is 11.8. The van der Waals surface area contributed by atoms with E-state index in [9.17, 15) is 13.2 Å².